The number of anilines is 1. The lowest BCUT2D eigenvalue weighted by atomic mass is 9.98. The molecule has 1 aliphatic carbocycles. The molecule has 1 fully saturated rings. The van der Waals surface area contributed by atoms with Crippen molar-refractivity contribution in [3.05, 3.63) is 11.9 Å². The highest BCUT2D eigenvalue weighted by Crippen LogP contribution is 2.27. The highest BCUT2D eigenvalue weighted by molar-refractivity contribution is 5.76. The van der Waals surface area contributed by atoms with E-state index in [2.05, 4.69) is 19.9 Å². The number of nitrogens with two attached hydrogens (primary N) is 1. The SMILES string of the molecule is CC[C@@H](O)c1cnc2nc(N)nc(OC3CCCCC3)c2n1. The molecule has 0 bridgehead atoms. The van der Waals surface area contributed by atoms with E-state index in [1.165, 1.54) is 12.6 Å². The van der Waals surface area contributed by atoms with Gasteiger partial charge in [0.15, 0.2) is 11.2 Å². The molecule has 0 saturated heterocycles. The van der Waals surface area contributed by atoms with Gasteiger partial charge in [0.25, 0.3) is 0 Å². The summed E-state index contributed by atoms with van der Waals surface area (Å²) in [6.45, 7) is 1.88. The Morgan fingerprint density at radius 2 is 2.05 bits per heavy atom. The van der Waals surface area contributed by atoms with Crippen molar-refractivity contribution in [2.45, 2.75) is 57.7 Å². The first-order chi connectivity index (χ1) is 10.7. The quantitative estimate of drug-likeness (QED) is 0.891. The zero-order valence-corrected chi connectivity index (χ0v) is 12.7. The molecule has 7 nitrogen and oxygen atoms in total. The molecular formula is C15H21N5O2. The van der Waals surface area contributed by atoms with Crippen molar-refractivity contribution >= 4 is 17.1 Å². The van der Waals surface area contributed by atoms with Gasteiger partial charge in [0, 0.05) is 0 Å². The minimum absolute atomic E-state index is 0.122. The standard InChI is InChI=1S/C15H21N5O2/c1-2-11(21)10-8-17-13-12(18-10)14(20-15(16)19-13)22-9-6-4-3-5-7-9/h8-9,11,21H,2-7H2,1H3,(H2,16,17,19,20)/t11-/m1/s1. The van der Waals surface area contributed by atoms with Crippen LogP contribution in [0.5, 0.6) is 5.88 Å². The summed E-state index contributed by atoms with van der Waals surface area (Å²) in [7, 11) is 0. The maximum Gasteiger partial charge on any atom is 0.247 e. The van der Waals surface area contributed by atoms with Gasteiger partial charge in [-0.25, -0.2) is 9.97 Å². The minimum Gasteiger partial charge on any atom is -0.473 e. The fourth-order valence-corrected chi connectivity index (χ4v) is 2.70. The Morgan fingerprint density at radius 1 is 1.27 bits per heavy atom. The number of hydrogen-bond donors (Lipinski definition) is 2. The number of nitrogens with zero attached hydrogens (tertiary/aromatic N) is 4. The molecular weight excluding hydrogens is 282 g/mol. The number of aromatic nitrogens is 4. The molecule has 0 aliphatic heterocycles. The summed E-state index contributed by atoms with van der Waals surface area (Å²) >= 11 is 0. The van der Waals surface area contributed by atoms with Crippen LogP contribution in [0.2, 0.25) is 0 Å². The van der Waals surface area contributed by atoms with Crippen molar-refractivity contribution in [1.82, 2.24) is 19.9 Å². The minimum atomic E-state index is -0.656. The first kappa shape index (κ1) is 14.9. The van der Waals surface area contributed by atoms with E-state index in [1.54, 1.807) is 0 Å². The number of ether oxygens (including phenoxy) is 1. The number of fused-ring (bicyclic) bond motifs is 1. The summed E-state index contributed by atoms with van der Waals surface area (Å²) in [6, 6.07) is 0. The van der Waals surface area contributed by atoms with Crippen LogP contribution in [0.15, 0.2) is 6.20 Å². The topological polar surface area (TPSA) is 107 Å². The molecule has 3 N–H and O–H groups in total. The van der Waals surface area contributed by atoms with Gasteiger partial charge in [-0.2, -0.15) is 9.97 Å². The molecule has 0 aromatic carbocycles. The Balaban J connectivity index is 1.98. The summed E-state index contributed by atoms with van der Waals surface area (Å²) in [4.78, 5) is 16.9. The van der Waals surface area contributed by atoms with E-state index in [9.17, 15) is 5.11 Å². The van der Waals surface area contributed by atoms with E-state index in [1.807, 2.05) is 6.92 Å². The molecule has 0 unspecified atom stereocenters. The molecule has 3 rings (SSSR count). The van der Waals surface area contributed by atoms with Crippen LogP contribution < -0.4 is 10.5 Å². The normalized spacial score (nSPS) is 17.5. The molecule has 1 aliphatic rings. The Morgan fingerprint density at radius 3 is 2.77 bits per heavy atom. The van der Waals surface area contributed by atoms with E-state index < -0.39 is 6.10 Å². The van der Waals surface area contributed by atoms with Gasteiger partial charge in [-0.1, -0.05) is 13.3 Å². The van der Waals surface area contributed by atoms with E-state index >= 15 is 0 Å². The largest absolute Gasteiger partial charge is 0.473 e. The van der Waals surface area contributed by atoms with Crippen LogP contribution in [0.25, 0.3) is 11.2 Å². The van der Waals surface area contributed by atoms with Gasteiger partial charge in [0.05, 0.1) is 18.0 Å². The molecule has 2 aromatic heterocycles. The van der Waals surface area contributed by atoms with Crippen molar-refractivity contribution in [2.75, 3.05) is 5.73 Å². The third-order valence-corrected chi connectivity index (χ3v) is 3.97. The predicted octanol–water partition coefficient (Wildman–Crippen LogP) is 2.16. The average Bonchev–Trinajstić information content (AvgIpc) is 2.54. The van der Waals surface area contributed by atoms with Crippen molar-refractivity contribution in [3.63, 3.8) is 0 Å². The predicted molar refractivity (Wildman–Crippen MR) is 82.3 cm³/mol. The smallest absolute Gasteiger partial charge is 0.247 e. The maximum atomic E-state index is 9.95. The van der Waals surface area contributed by atoms with Gasteiger partial charge < -0.3 is 15.6 Å². The Hall–Kier alpha value is -2.02. The van der Waals surface area contributed by atoms with Crippen molar-refractivity contribution in [3.8, 4) is 5.88 Å². The van der Waals surface area contributed by atoms with Gasteiger partial charge >= 0.3 is 0 Å². The number of nitrogen functional groups attached to an aromatic ring is 1. The number of rotatable bonds is 4. The van der Waals surface area contributed by atoms with Crippen LogP contribution in [0.4, 0.5) is 5.95 Å². The highest BCUT2D eigenvalue weighted by atomic mass is 16.5. The van der Waals surface area contributed by atoms with Gasteiger partial charge in [0.2, 0.25) is 11.8 Å². The van der Waals surface area contributed by atoms with Crippen molar-refractivity contribution < 1.29 is 9.84 Å². The van der Waals surface area contributed by atoms with Crippen LogP contribution in [0, 0.1) is 0 Å². The fraction of sp³-hybridized carbons (Fsp3) is 0.600. The molecule has 0 spiro atoms. The Labute approximate surface area is 129 Å². The summed E-state index contributed by atoms with van der Waals surface area (Å²) in [5, 5.41) is 9.95. The molecule has 0 radical (unpaired) electrons. The lowest BCUT2D eigenvalue weighted by Crippen LogP contribution is -2.21. The number of aliphatic hydroxyl groups is 1. The molecule has 118 valence electrons. The summed E-state index contributed by atoms with van der Waals surface area (Å²) in [6.07, 6.45) is 7.15. The average molecular weight is 303 g/mol. The van der Waals surface area contributed by atoms with Crippen LogP contribution in [-0.2, 0) is 0 Å². The Kier molecular flexibility index (Phi) is 4.33. The molecule has 2 heterocycles. The molecule has 1 atom stereocenters. The first-order valence-corrected chi connectivity index (χ1v) is 7.82. The zero-order valence-electron chi connectivity index (χ0n) is 12.7. The lowest BCUT2D eigenvalue weighted by Gasteiger charge is -2.22. The number of hydrogen-bond acceptors (Lipinski definition) is 7. The zero-order chi connectivity index (χ0) is 15.5. The molecule has 22 heavy (non-hydrogen) atoms. The van der Waals surface area contributed by atoms with Crippen LogP contribution in [0.1, 0.15) is 57.2 Å². The fourth-order valence-electron chi connectivity index (χ4n) is 2.70. The van der Waals surface area contributed by atoms with Crippen LogP contribution in [-0.4, -0.2) is 31.1 Å². The second-order valence-electron chi connectivity index (χ2n) is 5.66. The Bertz CT molecular complexity index is 658. The van der Waals surface area contributed by atoms with E-state index in [0.29, 0.717) is 29.2 Å². The molecule has 2 aromatic rings. The van der Waals surface area contributed by atoms with Crippen LogP contribution in [0.3, 0.4) is 0 Å². The third kappa shape index (κ3) is 3.09. The number of aliphatic hydroxyl groups excluding tert-OH is 1. The maximum absolute atomic E-state index is 9.95. The van der Waals surface area contributed by atoms with Gasteiger partial charge in [-0.15, -0.1) is 0 Å². The lowest BCUT2D eigenvalue weighted by molar-refractivity contribution is 0.150. The van der Waals surface area contributed by atoms with Crippen LogP contribution >= 0.6 is 0 Å². The summed E-state index contributed by atoms with van der Waals surface area (Å²) < 4.78 is 6.00. The second-order valence-corrected chi connectivity index (χ2v) is 5.66. The highest BCUT2D eigenvalue weighted by Gasteiger charge is 2.20. The van der Waals surface area contributed by atoms with Crippen molar-refractivity contribution in [2.24, 2.45) is 0 Å². The van der Waals surface area contributed by atoms with Gasteiger partial charge in [-0.3, -0.25) is 0 Å². The van der Waals surface area contributed by atoms with E-state index in [-0.39, 0.29) is 12.1 Å². The summed E-state index contributed by atoms with van der Waals surface area (Å²) in [5.41, 5.74) is 7.09. The third-order valence-electron chi connectivity index (χ3n) is 3.97. The van der Waals surface area contributed by atoms with Gasteiger partial charge in [0.1, 0.15) is 6.10 Å². The van der Waals surface area contributed by atoms with E-state index in [0.717, 1.165) is 25.7 Å². The van der Waals surface area contributed by atoms with Crippen molar-refractivity contribution in [1.29, 1.82) is 0 Å². The second kappa shape index (κ2) is 6.39. The first-order valence-electron chi connectivity index (χ1n) is 7.82. The molecule has 1 saturated carbocycles. The van der Waals surface area contributed by atoms with E-state index in [4.69, 9.17) is 10.5 Å². The molecule has 7 heteroatoms. The molecule has 0 amide bonds. The monoisotopic (exact) mass is 303 g/mol. The summed E-state index contributed by atoms with van der Waals surface area (Å²) in [5.74, 6) is 0.489. The van der Waals surface area contributed by atoms with Gasteiger partial charge in [-0.05, 0) is 32.1 Å².